The van der Waals surface area contributed by atoms with Crippen molar-refractivity contribution in [3.8, 4) is 0 Å². The highest BCUT2D eigenvalue weighted by molar-refractivity contribution is 8.18. The first-order valence-electron chi connectivity index (χ1n) is 10.4. The number of thioether (sulfide) groups is 1. The van der Waals surface area contributed by atoms with E-state index in [0.717, 1.165) is 22.2 Å². The molecule has 3 amide bonds. The summed E-state index contributed by atoms with van der Waals surface area (Å²) in [6, 6.07) is 22.2. The average Bonchev–Trinajstić information content (AvgIpc) is 3.07. The van der Waals surface area contributed by atoms with Crippen LogP contribution in [-0.2, 0) is 11.3 Å². The van der Waals surface area contributed by atoms with Crippen molar-refractivity contribution >= 4 is 34.9 Å². The molecule has 1 N–H and O–H groups in total. The van der Waals surface area contributed by atoms with Gasteiger partial charge in [-0.15, -0.1) is 0 Å². The molecule has 1 aliphatic heterocycles. The summed E-state index contributed by atoms with van der Waals surface area (Å²) < 4.78 is 13.4. The molecular formula is C26H21FN2O3S. The van der Waals surface area contributed by atoms with Gasteiger partial charge in [0.15, 0.2) is 0 Å². The van der Waals surface area contributed by atoms with E-state index in [0.29, 0.717) is 16.7 Å². The monoisotopic (exact) mass is 460 g/mol. The van der Waals surface area contributed by atoms with Crippen molar-refractivity contribution in [3.05, 3.63) is 112 Å². The highest BCUT2D eigenvalue weighted by Gasteiger charge is 2.35. The number of hydrogen-bond acceptors (Lipinski definition) is 4. The Morgan fingerprint density at radius 2 is 1.76 bits per heavy atom. The van der Waals surface area contributed by atoms with Gasteiger partial charge in [0.25, 0.3) is 17.1 Å². The molecule has 1 atom stereocenters. The lowest BCUT2D eigenvalue weighted by molar-refractivity contribution is -0.123. The predicted molar refractivity (Wildman–Crippen MR) is 127 cm³/mol. The molecule has 0 unspecified atom stereocenters. The third-order valence-corrected chi connectivity index (χ3v) is 6.13. The van der Waals surface area contributed by atoms with Crippen molar-refractivity contribution in [2.75, 3.05) is 0 Å². The zero-order valence-corrected chi connectivity index (χ0v) is 18.6. The number of carbonyl (C=O) groups is 3. The molecule has 0 saturated carbocycles. The number of benzene rings is 3. The maximum Gasteiger partial charge on any atom is 0.293 e. The van der Waals surface area contributed by atoms with Crippen molar-refractivity contribution < 1.29 is 18.8 Å². The number of rotatable bonds is 6. The van der Waals surface area contributed by atoms with E-state index in [1.807, 2.05) is 37.3 Å². The van der Waals surface area contributed by atoms with Crippen molar-refractivity contribution in [2.24, 2.45) is 0 Å². The Hall–Kier alpha value is -3.71. The van der Waals surface area contributed by atoms with Crippen LogP contribution in [0.25, 0.3) is 6.08 Å². The van der Waals surface area contributed by atoms with Crippen LogP contribution in [0, 0.1) is 5.82 Å². The number of carbonyl (C=O) groups excluding carboxylic acids is 3. The smallest absolute Gasteiger partial charge is 0.293 e. The summed E-state index contributed by atoms with van der Waals surface area (Å²) in [6.45, 7) is 1.93. The summed E-state index contributed by atoms with van der Waals surface area (Å²) in [4.78, 5) is 39.0. The number of amides is 3. The van der Waals surface area contributed by atoms with Gasteiger partial charge in [-0.25, -0.2) is 4.39 Å². The van der Waals surface area contributed by atoms with Gasteiger partial charge < -0.3 is 5.32 Å². The van der Waals surface area contributed by atoms with Gasteiger partial charge >= 0.3 is 0 Å². The Labute approximate surface area is 195 Å². The molecule has 1 fully saturated rings. The SMILES string of the molecule is C[C@H](NC(=O)c1ccc(/C=C2\SC(=O)N(Cc3cccc(F)c3)C2=O)cc1)c1ccccc1. The van der Waals surface area contributed by atoms with Crippen LogP contribution in [0.2, 0.25) is 0 Å². The normalized spacial score (nSPS) is 15.7. The van der Waals surface area contributed by atoms with E-state index >= 15 is 0 Å². The molecule has 7 heteroatoms. The molecule has 1 saturated heterocycles. The maximum absolute atomic E-state index is 13.4. The molecule has 33 heavy (non-hydrogen) atoms. The second kappa shape index (κ2) is 9.83. The topological polar surface area (TPSA) is 66.5 Å². The van der Waals surface area contributed by atoms with Gasteiger partial charge in [-0.2, -0.15) is 0 Å². The first-order chi connectivity index (χ1) is 15.9. The first-order valence-corrected chi connectivity index (χ1v) is 11.2. The highest BCUT2D eigenvalue weighted by Crippen LogP contribution is 2.33. The molecule has 0 bridgehead atoms. The lowest BCUT2D eigenvalue weighted by Gasteiger charge is -2.14. The van der Waals surface area contributed by atoms with Gasteiger partial charge in [0.05, 0.1) is 17.5 Å². The molecule has 1 heterocycles. The van der Waals surface area contributed by atoms with E-state index in [-0.39, 0.29) is 23.4 Å². The molecule has 3 aromatic rings. The van der Waals surface area contributed by atoms with Crippen LogP contribution in [0.5, 0.6) is 0 Å². The molecule has 1 aliphatic rings. The Bertz CT molecular complexity index is 1230. The van der Waals surface area contributed by atoms with Crippen molar-refractivity contribution in [1.29, 1.82) is 0 Å². The molecule has 0 aromatic heterocycles. The zero-order chi connectivity index (χ0) is 23.4. The van der Waals surface area contributed by atoms with Crippen LogP contribution < -0.4 is 5.32 Å². The second-order valence-corrected chi connectivity index (χ2v) is 8.62. The number of halogens is 1. The Balaban J connectivity index is 1.42. The number of nitrogens with one attached hydrogen (secondary N) is 1. The van der Waals surface area contributed by atoms with Crippen LogP contribution in [0.4, 0.5) is 9.18 Å². The van der Waals surface area contributed by atoms with Gasteiger partial charge in [0.2, 0.25) is 0 Å². The van der Waals surface area contributed by atoms with Crippen LogP contribution in [-0.4, -0.2) is 22.0 Å². The number of hydrogen-bond donors (Lipinski definition) is 1. The third kappa shape index (κ3) is 5.38. The summed E-state index contributed by atoms with van der Waals surface area (Å²) in [5, 5.41) is 2.56. The molecule has 4 rings (SSSR count). The number of nitrogens with zero attached hydrogens (tertiary/aromatic N) is 1. The van der Waals surface area contributed by atoms with Gasteiger partial charge in [0.1, 0.15) is 5.82 Å². The molecule has 5 nitrogen and oxygen atoms in total. The van der Waals surface area contributed by atoms with Crippen LogP contribution in [0.3, 0.4) is 0 Å². The van der Waals surface area contributed by atoms with Gasteiger partial charge in [-0.05, 0) is 65.7 Å². The summed E-state index contributed by atoms with van der Waals surface area (Å²) in [6.07, 6.45) is 1.62. The Kier molecular flexibility index (Phi) is 6.70. The molecule has 0 radical (unpaired) electrons. The van der Waals surface area contributed by atoms with Crippen molar-refractivity contribution in [1.82, 2.24) is 10.2 Å². The van der Waals surface area contributed by atoms with E-state index in [2.05, 4.69) is 5.32 Å². The van der Waals surface area contributed by atoms with E-state index in [9.17, 15) is 18.8 Å². The van der Waals surface area contributed by atoms with Crippen molar-refractivity contribution in [3.63, 3.8) is 0 Å². The van der Waals surface area contributed by atoms with Crippen LogP contribution in [0.1, 0.15) is 40.0 Å². The largest absolute Gasteiger partial charge is 0.346 e. The first kappa shape index (κ1) is 22.5. The fourth-order valence-electron chi connectivity index (χ4n) is 3.44. The van der Waals surface area contributed by atoms with Gasteiger partial charge in [0, 0.05) is 5.56 Å². The standard InChI is InChI=1S/C26H21FN2O3S/c1-17(20-7-3-2-4-8-20)28-24(30)21-12-10-18(11-13-21)15-23-25(31)29(26(32)33-23)16-19-6-5-9-22(27)14-19/h2-15,17H,16H2,1H3,(H,28,30)/b23-15-/t17-/m0/s1. The van der Waals surface area contributed by atoms with Gasteiger partial charge in [-0.3, -0.25) is 19.3 Å². The van der Waals surface area contributed by atoms with E-state index in [1.54, 1.807) is 36.4 Å². The summed E-state index contributed by atoms with van der Waals surface area (Å²) >= 11 is 0.842. The predicted octanol–water partition coefficient (Wildman–Crippen LogP) is 5.55. The van der Waals surface area contributed by atoms with E-state index in [4.69, 9.17) is 0 Å². The molecule has 3 aromatic carbocycles. The third-order valence-electron chi connectivity index (χ3n) is 5.22. The van der Waals surface area contributed by atoms with Crippen LogP contribution >= 0.6 is 11.8 Å². The van der Waals surface area contributed by atoms with Crippen LogP contribution in [0.15, 0.2) is 83.8 Å². The summed E-state index contributed by atoms with van der Waals surface area (Å²) in [5.74, 6) is -1.04. The molecule has 0 spiro atoms. The highest BCUT2D eigenvalue weighted by atomic mass is 32.2. The fourth-order valence-corrected chi connectivity index (χ4v) is 4.28. The molecule has 0 aliphatic carbocycles. The van der Waals surface area contributed by atoms with Gasteiger partial charge in [-0.1, -0.05) is 54.6 Å². The van der Waals surface area contributed by atoms with Crippen molar-refractivity contribution in [2.45, 2.75) is 19.5 Å². The average molecular weight is 461 g/mol. The molecule has 166 valence electrons. The minimum Gasteiger partial charge on any atom is -0.346 e. The van der Waals surface area contributed by atoms with E-state index in [1.165, 1.54) is 18.2 Å². The Morgan fingerprint density at radius 3 is 2.45 bits per heavy atom. The lowest BCUT2D eigenvalue weighted by atomic mass is 10.1. The zero-order valence-electron chi connectivity index (χ0n) is 17.8. The number of imide groups is 1. The lowest BCUT2D eigenvalue weighted by Crippen LogP contribution is -2.27. The summed E-state index contributed by atoms with van der Waals surface area (Å²) in [7, 11) is 0. The Morgan fingerprint density at radius 1 is 1.03 bits per heavy atom. The molecular weight excluding hydrogens is 439 g/mol. The minimum atomic E-state index is -0.423. The quantitative estimate of drug-likeness (QED) is 0.490. The van der Waals surface area contributed by atoms with E-state index < -0.39 is 17.0 Å². The fraction of sp³-hybridized carbons (Fsp3) is 0.115. The maximum atomic E-state index is 13.4. The second-order valence-electron chi connectivity index (χ2n) is 7.63. The minimum absolute atomic E-state index is 0.0124. The summed E-state index contributed by atoms with van der Waals surface area (Å²) in [5.41, 5.74) is 2.74.